The summed E-state index contributed by atoms with van der Waals surface area (Å²) >= 11 is 0. The summed E-state index contributed by atoms with van der Waals surface area (Å²) in [5, 5.41) is 7.11. The van der Waals surface area contributed by atoms with E-state index in [1.54, 1.807) is 12.1 Å². The maximum absolute atomic E-state index is 13.6. The molecule has 1 aliphatic heterocycles. The fourth-order valence-corrected chi connectivity index (χ4v) is 5.18. The van der Waals surface area contributed by atoms with Gasteiger partial charge < -0.3 is 15.5 Å². The molecule has 0 fully saturated rings. The van der Waals surface area contributed by atoms with E-state index in [-0.39, 0.29) is 23.6 Å². The Hall–Kier alpha value is -3.60. The summed E-state index contributed by atoms with van der Waals surface area (Å²) in [6, 6.07) is 22.7. The van der Waals surface area contributed by atoms with Gasteiger partial charge in [0.2, 0.25) is 0 Å². The number of anilines is 3. The highest BCUT2D eigenvalue weighted by atomic mass is 19.1. The standard InChI is InChI=1S/C29H30FN3O/c1-3-33(4-2)23-15-11-19(12-16-23)21-17-26-28(27(34)18-21)29(20-9-13-22(30)14-10-20)32-25-8-6-5-7-24(25)31-26/h5-16,21,29,31-32H,3-4,17-18H2,1-2H3. The van der Waals surface area contributed by atoms with Crippen molar-refractivity contribution in [1.82, 2.24) is 0 Å². The molecule has 4 nitrogen and oxygen atoms in total. The summed E-state index contributed by atoms with van der Waals surface area (Å²) in [5.74, 6) is -0.0434. The third kappa shape index (κ3) is 4.18. The number of nitrogens with one attached hydrogen (secondary N) is 2. The highest BCUT2D eigenvalue weighted by molar-refractivity contribution is 6.01. The maximum atomic E-state index is 13.6. The monoisotopic (exact) mass is 455 g/mol. The van der Waals surface area contributed by atoms with Crippen LogP contribution in [0.5, 0.6) is 0 Å². The second-order valence-electron chi connectivity index (χ2n) is 8.98. The average Bonchev–Trinajstić information content (AvgIpc) is 3.02. The first-order chi connectivity index (χ1) is 16.6. The lowest BCUT2D eigenvalue weighted by atomic mass is 9.78. The van der Waals surface area contributed by atoms with Gasteiger partial charge in [0.05, 0.1) is 17.4 Å². The van der Waals surface area contributed by atoms with Gasteiger partial charge in [0, 0.05) is 36.5 Å². The van der Waals surface area contributed by atoms with Gasteiger partial charge in [0.15, 0.2) is 5.78 Å². The number of nitrogens with zero attached hydrogens (tertiary/aromatic N) is 1. The minimum atomic E-state index is -0.328. The Labute approximate surface area is 200 Å². The fraction of sp³-hybridized carbons (Fsp3) is 0.276. The van der Waals surface area contributed by atoms with Gasteiger partial charge in [-0.05, 0) is 73.7 Å². The van der Waals surface area contributed by atoms with Crippen LogP contribution in [-0.4, -0.2) is 18.9 Å². The number of hydrogen-bond donors (Lipinski definition) is 2. The summed E-state index contributed by atoms with van der Waals surface area (Å²) in [5.41, 5.74) is 6.84. The van der Waals surface area contributed by atoms with Crippen LogP contribution < -0.4 is 15.5 Å². The summed E-state index contributed by atoms with van der Waals surface area (Å²) in [6.45, 7) is 6.25. The number of benzene rings is 3. The van der Waals surface area contributed by atoms with E-state index in [0.717, 1.165) is 47.7 Å². The van der Waals surface area contributed by atoms with E-state index in [2.05, 4.69) is 53.6 Å². The number of Topliss-reactive ketones (excluding diaryl/α,β-unsaturated/α-hetero) is 1. The number of para-hydroxylation sites is 2. The molecule has 174 valence electrons. The zero-order valence-corrected chi connectivity index (χ0v) is 19.6. The molecule has 0 aromatic heterocycles. The molecule has 2 N–H and O–H groups in total. The van der Waals surface area contributed by atoms with E-state index in [1.165, 1.54) is 23.4 Å². The predicted octanol–water partition coefficient (Wildman–Crippen LogP) is 6.65. The molecule has 3 aromatic carbocycles. The van der Waals surface area contributed by atoms with Gasteiger partial charge in [0.1, 0.15) is 5.82 Å². The lowest BCUT2D eigenvalue weighted by molar-refractivity contribution is -0.116. The Morgan fingerprint density at radius 1 is 0.853 bits per heavy atom. The van der Waals surface area contributed by atoms with Crippen LogP contribution in [0.1, 0.15) is 49.8 Å². The molecule has 0 amide bonds. The highest BCUT2D eigenvalue weighted by Crippen LogP contribution is 2.44. The quantitative estimate of drug-likeness (QED) is 0.452. The van der Waals surface area contributed by atoms with E-state index in [4.69, 9.17) is 0 Å². The Morgan fingerprint density at radius 3 is 2.18 bits per heavy atom. The van der Waals surface area contributed by atoms with Crippen LogP contribution in [0.15, 0.2) is 84.1 Å². The first kappa shape index (κ1) is 22.2. The molecular formula is C29H30FN3O. The Balaban J connectivity index is 1.51. The molecule has 1 aliphatic carbocycles. The van der Waals surface area contributed by atoms with Crippen molar-refractivity contribution in [2.45, 2.75) is 38.6 Å². The molecule has 1 heterocycles. The molecular weight excluding hydrogens is 425 g/mol. The Morgan fingerprint density at radius 2 is 1.50 bits per heavy atom. The van der Waals surface area contributed by atoms with Crippen LogP contribution in [0.3, 0.4) is 0 Å². The van der Waals surface area contributed by atoms with Crippen molar-refractivity contribution in [1.29, 1.82) is 0 Å². The first-order valence-corrected chi connectivity index (χ1v) is 12.1. The summed E-state index contributed by atoms with van der Waals surface area (Å²) in [6.07, 6.45) is 1.21. The van der Waals surface area contributed by atoms with Crippen molar-refractivity contribution in [3.05, 3.63) is 101 Å². The number of fused-ring (bicyclic) bond motifs is 1. The molecule has 0 saturated carbocycles. The lowest BCUT2D eigenvalue weighted by Gasteiger charge is -2.30. The molecule has 5 rings (SSSR count). The van der Waals surface area contributed by atoms with Crippen LogP contribution in [0.25, 0.3) is 0 Å². The SMILES string of the molecule is CCN(CC)c1ccc(C2CC(=O)C3=C(C2)Nc2ccccc2NC3c2ccc(F)cc2)cc1. The van der Waals surface area contributed by atoms with Gasteiger partial charge in [-0.15, -0.1) is 0 Å². The van der Waals surface area contributed by atoms with Crippen LogP contribution in [0.4, 0.5) is 21.5 Å². The molecule has 0 saturated heterocycles. The van der Waals surface area contributed by atoms with Gasteiger partial charge in [-0.1, -0.05) is 36.4 Å². The first-order valence-electron chi connectivity index (χ1n) is 12.1. The zero-order chi connectivity index (χ0) is 23.7. The van der Waals surface area contributed by atoms with E-state index in [1.807, 2.05) is 24.3 Å². The minimum absolute atomic E-state index is 0.114. The van der Waals surface area contributed by atoms with Gasteiger partial charge in [-0.3, -0.25) is 4.79 Å². The maximum Gasteiger partial charge on any atom is 0.163 e. The summed E-state index contributed by atoms with van der Waals surface area (Å²) < 4.78 is 13.6. The summed E-state index contributed by atoms with van der Waals surface area (Å²) in [7, 11) is 0. The number of carbonyl (C=O) groups is 1. The van der Waals surface area contributed by atoms with Gasteiger partial charge >= 0.3 is 0 Å². The molecule has 2 atom stereocenters. The molecule has 34 heavy (non-hydrogen) atoms. The van der Waals surface area contributed by atoms with Crippen LogP contribution >= 0.6 is 0 Å². The van der Waals surface area contributed by atoms with Crippen molar-refractivity contribution in [3.8, 4) is 0 Å². The lowest BCUT2D eigenvalue weighted by Crippen LogP contribution is -2.27. The fourth-order valence-electron chi connectivity index (χ4n) is 5.18. The minimum Gasteiger partial charge on any atom is -0.372 e. The second kappa shape index (κ2) is 9.34. The van der Waals surface area contributed by atoms with Crippen LogP contribution in [-0.2, 0) is 4.79 Å². The van der Waals surface area contributed by atoms with E-state index in [9.17, 15) is 9.18 Å². The molecule has 2 unspecified atom stereocenters. The average molecular weight is 456 g/mol. The third-order valence-corrected chi connectivity index (χ3v) is 7.01. The molecule has 2 aliphatic rings. The molecule has 3 aromatic rings. The number of hydrogen-bond acceptors (Lipinski definition) is 4. The number of rotatable bonds is 5. The molecule has 0 bridgehead atoms. The topological polar surface area (TPSA) is 44.4 Å². The van der Waals surface area contributed by atoms with Crippen LogP contribution in [0, 0.1) is 5.82 Å². The van der Waals surface area contributed by atoms with Gasteiger partial charge in [0.25, 0.3) is 0 Å². The number of carbonyl (C=O) groups excluding carboxylic acids is 1. The zero-order valence-electron chi connectivity index (χ0n) is 19.6. The molecule has 0 spiro atoms. The van der Waals surface area contributed by atoms with Crippen molar-refractivity contribution in [3.63, 3.8) is 0 Å². The van der Waals surface area contributed by atoms with Crippen molar-refractivity contribution in [2.24, 2.45) is 0 Å². The van der Waals surface area contributed by atoms with Gasteiger partial charge in [-0.2, -0.15) is 0 Å². The van der Waals surface area contributed by atoms with E-state index in [0.29, 0.717) is 6.42 Å². The Bertz CT molecular complexity index is 1210. The number of halogens is 1. The predicted molar refractivity (Wildman–Crippen MR) is 137 cm³/mol. The molecule has 0 radical (unpaired) electrons. The van der Waals surface area contributed by atoms with Crippen LogP contribution in [0.2, 0.25) is 0 Å². The smallest absolute Gasteiger partial charge is 0.163 e. The van der Waals surface area contributed by atoms with E-state index >= 15 is 0 Å². The second-order valence-corrected chi connectivity index (χ2v) is 8.98. The molecule has 5 heteroatoms. The van der Waals surface area contributed by atoms with Crippen molar-refractivity contribution < 1.29 is 9.18 Å². The van der Waals surface area contributed by atoms with Crippen molar-refractivity contribution in [2.75, 3.05) is 28.6 Å². The summed E-state index contributed by atoms with van der Waals surface area (Å²) in [4.78, 5) is 15.9. The van der Waals surface area contributed by atoms with E-state index < -0.39 is 0 Å². The third-order valence-electron chi connectivity index (χ3n) is 7.01. The number of allylic oxidation sites excluding steroid dienone is 1. The number of ketones is 1. The Kier molecular flexibility index (Phi) is 6.10. The largest absolute Gasteiger partial charge is 0.372 e. The van der Waals surface area contributed by atoms with Gasteiger partial charge in [-0.25, -0.2) is 4.39 Å². The highest BCUT2D eigenvalue weighted by Gasteiger charge is 2.36. The normalized spacial score (nSPS) is 19.4. The van der Waals surface area contributed by atoms with Crippen molar-refractivity contribution >= 4 is 22.8 Å².